The van der Waals surface area contributed by atoms with Crippen molar-refractivity contribution in [2.24, 2.45) is 0 Å². The van der Waals surface area contributed by atoms with Crippen LogP contribution in [0.2, 0.25) is 0 Å². The predicted octanol–water partition coefficient (Wildman–Crippen LogP) is 1.94. The Morgan fingerprint density at radius 2 is 2.30 bits per heavy atom. The number of piperidine rings is 1. The second-order valence-corrected chi connectivity index (χ2v) is 5.16. The minimum absolute atomic E-state index is 0.144. The number of rotatable bonds is 3. The monoisotopic (exact) mass is 277 g/mol. The molecule has 0 spiro atoms. The van der Waals surface area contributed by atoms with Gasteiger partial charge in [0, 0.05) is 12.1 Å². The van der Waals surface area contributed by atoms with Crippen LogP contribution in [-0.2, 0) is 16.1 Å². The van der Waals surface area contributed by atoms with Crippen LogP contribution >= 0.6 is 0 Å². The molecule has 2 aliphatic rings. The highest BCUT2D eigenvalue weighted by atomic mass is 16.7. The predicted molar refractivity (Wildman–Crippen MR) is 72.6 cm³/mol. The second-order valence-electron chi connectivity index (χ2n) is 5.16. The molecular weight excluding hydrogens is 258 g/mol. The Hall–Kier alpha value is -1.75. The van der Waals surface area contributed by atoms with Gasteiger partial charge in [-0.3, -0.25) is 9.69 Å². The van der Waals surface area contributed by atoms with Crippen LogP contribution in [0.15, 0.2) is 18.2 Å². The second kappa shape index (κ2) is 5.71. The molecule has 3 rings (SSSR count). The maximum absolute atomic E-state index is 11.9. The number of carbonyl (C=O) groups excluding carboxylic acids is 1. The maximum atomic E-state index is 11.9. The van der Waals surface area contributed by atoms with Gasteiger partial charge in [0.2, 0.25) is 6.79 Å². The summed E-state index contributed by atoms with van der Waals surface area (Å²) in [7, 11) is 1.45. The number of hydrogen-bond acceptors (Lipinski definition) is 5. The zero-order valence-electron chi connectivity index (χ0n) is 11.6. The van der Waals surface area contributed by atoms with Crippen molar-refractivity contribution >= 4 is 5.97 Å². The van der Waals surface area contributed by atoms with Crippen LogP contribution in [0.5, 0.6) is 11.5 Å². The third-order valence-electron chi connectivity index (χ3n) is 3.94. The van der Waals surface area contributed by atoms with Gasteiger partial charge in [0.1, 0.15) is 6.04 Å². The van der Waals surface area contributed by atoms with E-state index >= 15 is 0 Å². The number of para-hydroxylation sites is 1. The summed E-state index contributed by atoms with van der Waals surface area (Å²) in [5.41, 5.74) is 1.07. The van der Waals surface area contributed by atoms with Crippen molar-refractivity contribution in [3.63, 3.8) is 0 Å². The molecule has 1 atom stereocenters. The average Bonchev–Trinajstić information content (AvgIpc) is 2.96. The molecule has 1 aromatic rings. The van der Waals surface area contributed by atoms with E-state index in [1.807, 2.05) is 18.2 Å². The molecule has 2 aliphatic heterocycles. The first-order chi connectivity index (χ1) is 9.79. The fraction of sp³-hybridized carbons (Fsp3) is 0.533. The van der Waals surface area contributed by atoms with E-state index in [0.717, 1.165) is 42.9 Å². The topological polar surface area (TPSA) is 48.0 Å². The van der Waals surface area contributed by atoms with Crippen LogP contribution in [0.25, 0.3) is 0 Å². The lowest BCUT2D eigenvalue weighted by molar-refractivity contribution is -0.148. The van der Waals surface area contributed by atoms with Crippen LogP contribution < -0.4 is 9.47 Å². The highest BCUT2D eigenvalue weighted by Gasteiger charge is 2.30. The molecule has 1 aromatic carbocycles. The van der Waals surface area contributed by atoms with Crippen LogP contribution in [-0.4, -0.2) is 37.4 Å². The summed E-state index contributed by atoms with van der Waals surface area (Å²) in [5.74, 6) is 1.45. The van der Waals surface area contributed by atoms with Gasteiger partial charge in [0.15, 0.2) is 11.5 Å². The molecule has 1 fully saturated rings. The van der Waals surface area contributed by atoms with Gasteiger partial charge >= 0.3 is 5.97 Å². The van der Waals surface area contributed by atoms with Crippen LogP contribution in [0, 0.1) is 0 Å². The Morgan fingerprint density at radius 1 is 1.40 bits per heavy atom. The molecule has 5 nitrogen and oxygen atoms in total. The number of ether oxygens (including phenoxy) is 3. The molecule has 0 aliphatic carbocycles. The van der Waals surface area contributed by atoms with E-state index in [4.69, 9.17) is 14.2 Å². The van der Waals surface area contributed by atoms with Crippen molar-refractivity contribution in [3.8, 4) is 11.5 Å². The van der Waals surface area contributed by atoms with Gasteiger partial charge in [-0.05, 0) is 25.5 Å². The zero-order chi connectivity index (χ0) is 13.9. The number of methoxy groups -OCH3 is 1. The van der Waals surface area contributed by atoms with Gasteiger partial charge in [-0.25, -0.2) is 0 Å². The van der Waals surface area contributed by atoms with Crippen molar-refractivity contribution < 1.29 is 19.0 Å². The third-order valence-corrected chi connectivity index (χ3v) is 3.94. The summed E-state index contributed by atoms with van der Waals surface area (Å²) in [5, 5.41) is 0. The van der Waals surface area contributed by atoms with E-state index in [1.165, 1.54) is 7.11 Å². The molecular formula is C15H19NO4. The van der Waals surface area contributed by atoms with Crippen molar-refractivity contribution in [2.45, 2.75) is 31.8 Å². The highest BCUT2D eigenvalue weighted by Crippen LogP contribution is 2.36. The molecule has 0 amide bonds. The summed E-state index contributed by atoms with van der Waals surface area (Å²) in [6.07, 6.45) is 3.04. The van der Waals surface area contributed by atoms with E-state index in [1.54, 1.807) is 0 Å². The lowest BCUT2D eigenvalue weighted by Gasteiger charge is -2.33. The molecule has 0 radical (unpaired) electrons. The first kappa shape index (κ1) is 13.2. The van der Waals surface area contributed by atoms with Crippen molar-refractivity contribution in [1.29, 1.82) is 0 Å². The molecule has 0 unspecified atom stereocenters. The third kappa shape index (κ3) is 2.45. The summed E-state index contributed by atoms with van der Waals surface area (Å²) in [6.45, 7) is 1.86. The van der Waals surface area contributed by atoms with Gasteiger partial charge < -0.3 is 14.2 Å². The number of esters is 1. The maximum Gasteiger partial charge on any atom is 0.323 e. The Labute approximate surface area is 118 Å². The number of likely N-dealkylation sites (tertiary alicyclic amines) is 1. The first-order valence-electron chi connectivity index (χ1n) is 6.99. The molecule has 108 valence electrons. The van der Waals surface area contributed by atoms with Gasteiger partial charge in [-0.1, -0.05) is 18.6 Å². The van der Waals surface area contributed by atoms with Gasteiger partial charge in [0.25, 0.3) is 0 Å². The molecule has 2 heterocycles. The normalized spacial score (nSPS) is 21.8. The summed E-state index contributed by atoms with van der Waals surface area (Å²) >= 11 is 0. The zero-order valence-corrected chi connectivity index (χ0v) is 11.6. The Balaban J connectivity index is 1.79. The summed E-state index contributed by atoms with van der Waals surface area (Å²) < 4.78 is 15.8. The van der Waals surface area contributed by atoms with Gasteiger partial charge in [0.05, 0.1) is 7.11 Å². The Kier molecular flexibility index (Phi) is 3.78. The van der Waals surface area contributed by atoms with Crippen molar-refractivity contribution in [2.75, 3.05) is 20.4 Å². The molecule has 20 heavy (non-hydrogen) atoms. The molecule has 0 saturated carbocycles. The van der Waals surface area contributed by atoms with Gasteiger partial charge in [-0.2, -0.15) is 0 Å². The molecule has 0 N–H and O–H groups in total. The fourth-order valence-corrected chi connectivity index (χ4v) is 2.92. The van der Waals surface area contributed by atoms with E-state index < -0.39 is 0 Å². The smallest absolute Gasteiger partial charge is 0.323 e. The van der Waals surface area contributed by atoms with Crippen molar-refractivity contribution in [1.82, 2.24) is 4.90 Å². The minimum Gasteiger partial charge on any atom is -0.468 e. The first-order valence-corrected chi connectivity index (χ1v) is 6.99. The van der Waals surface area contributed by atoms with Crippen LogP contribution in [0.3, 0.4) is 0 Å². The fourth-order valence-electron chi connectivity index (χ4n) is 2.92. The number of hydrogen-bond donors (Lipinski definition) is 0. The Morgan fingerprint density at radius 3 is 3.15 bits per heavy atom. The molecule has 0 bridgehead atoms. The lowest BCUT2D eigenvalue weighted by Crippen LogP contribution is -2.44. The van der Waals surface area contributed by atoms with Gasteiger partial charge in [-0.15, -0.1) is 0 Å². The number of carbonyl (C=O) groups is 1. The molecule has 1 saturated heterocycles. The Bertz CT molecular complexity index is 503. The average molecular weight is 277 g/mol. The van der Waals surface area contributed by atoms with E-state index in [9.17, 15) is 4.79 Å². The number of benzene rings is 1. The number of nitrogens with zero attached hydrogens (tertiary/aromatic N) is 1. The standard InChI is InChI=1S/C15H19NO4/c1-18-15(17)12-6-2-3-8-16(12)9-11-5-4-7-13-14(11)20-10-19-13/h4-5,7,12H,2-3,6,8-10H2,1H3/t12-/m1/s1. The van der Waals surface area contributed by atoms with E-state index in [0.29, 0.717) is 6.54 Å². The molecule has 0 aromatic heterocycles. The van der Waals surface area contributed by atoms with Crippen LogP contribution in [0.4, 0.5) is 0 Å². The minimum atomic E-state index is -0.146. The molecule has 5 heteroatoms. The van der Waals surface area contributed by atoms with Crippen LogP contribution in [0.1, 0.15) is 24.8 Å². The lowest BCUT2D eigenvalue weighted by atomic mass is 10.0. The summed E-state index contributed by atoms with van der Waals surface area (Å²) in [4.78, 5) is 14.1. The largest absolute Gasteiger partial charge is 0.468 e. The summed E-state index contributed by atoms with van der Waals surface area (Å²) in [6, 6.07) is 5.74. The van der Waals surface area contributed by atoms with Crippen molar-refractivity contribution in [3.05, 3.63) is 23.8 Å². The van der Waals surface area contributed by atoms with E-state index in [2.05, 4.69) is 4.90 Å². The SMILES string of the molecule is COC(=O)[C@H]1CCCCN1Cc1cccc2c1OCO2. The quantitative estimate of drug-likeness (QED) is 0.790. The number of fused-ring (bicyclic) bond motifs is 1. The highest BCUT2D eigenvalue weighted by molar-refractivity contribution is 5.75. The van der Waals surface area contributed by atoms with E-state index in [-0.39, 0.29) is 18.8 Å².